The minimum atomic E-state index is -4.85. The van der Waals surface area contributed by atoms with Crippen molar-refractivity contribution in [1.82, 2.24) is 4.90 Å². The third kappa shape index (κ3) is 4.51. The van der Waals surface area contributed by atoms with Crippen molar-refractivity contribution in [3.8, 4) is 5.75 Å². The highest BCUT2D eigenvalue weighted by atomic mass is 19.4. The lowest BCUT2D eigenvalue weighted by Crippen LogP contribution is -2.38. The van der Waals surface area contributed by atoms with Crippen LogP contribution in [0.25, 0.3) is 0 Å². The van der Waals surface area contributed by atoms with Crippen LogP contribution < -0.4 is 9.64 Å². The van der Waals surface area contributed by atoms with E-state index in [0.29, 0.717) is 12.2 Å². The third-order valence-electron chi connectivity index (χ3n) is 3.69. The number of anilines is 1. The van der Waals surface area contributed by atoms with Crippen molar-refractivity contribution in [2.24, 2.45) is 0 Å². The summed E-state index contributed by atoms with van der Waals surface area (Å²) in [6.45, 7) is 1.43. The predicted octanol–water partition coefficient (Wildman–Crippen LogP) is 2.81. The number of carbonyl (C=O) groups is 1. The number of aromatic carboxylic acids is 1. The lowest BCUT2D eigenvalue weighted by molar-refractivity contribution is -0.274. The van der Waals surface area contributed by atoms with Crippen molar-refractivity contribution in [1.29, 1.82) is 0 Å². The van der Waals surface area contributed by atoms with Crippen LogP contribution in [0.2, 0.25) is 0 Å². The van der Waals surface area contributed by atoms with E-state index in [-0.39, 0.29) is 11.6 Å². The van der Waals surface area contributed by atoms with Gasteiger partial charge in [0.25, 0.3) is 0 Å². The van der Waals surface area contributed by atoms with Gasteiger partial charge in [-0.2, -0.15) is 0 Å². The molecule has 0 radical (unpaired) electrons. The fourth-order valence-electron chi connectivity index (χ4n) is 2.90. The Hall–Kier alpha value is -1.96. The molecule has 1 saturated heterocycles. The summed E-state index contributed by atoms with van der Waals surface area (Å²) in [6.07, 6.45) is -3.02. The summed E-state index contributed by atoms with van der Waals surface area (Å²) >= 11 is 0. The van der Waals surface area contributed by atoms with E-state index in [4.69, 9.17) is 0 Å². The van der Waals surface area contributed by atoms with Crippen LogP contribution in [0.5, 0.6) is 5.75 Å². The van der Waals surface area contributed by atoms with E-state index in [1.54, 1.807) is 0 Å². The number of hydrogen-bond acceptors (Lipinski definition) is 4. The number of ether oxygens (including phenoxy) is 1. The molecule has 1 fully saturated rings. The molecule has 23 heavy (non-hydrogen) atoms. The minimum absolute atomic E-state index is 0.137. The molecule has 0 amide bonds. The first-order valence-electron chi connectivity index (χ1n) is 7.22. The molecular formula is C15H19F3N2O3. The molecule has 1 aromatic rings. The van der Waals surface area contributed by atoms with E-state index in [2.05, 4.69) is 4.74 Å². The Kier molecular flexibility index (Phi) is 5.03. The second kappa shape index (κ2) is 6.66. The smallest absolute Gasteiger partial charge is 0.478 e. The van der Waals surface area contributed by atoms with E-state index in [9.17, 15) is 23.1 Å². The molecule has 1 aromatic carbocycles. The van der Waals surface area contributed by atoms with Crippen LogP contribution in [0.3, 0.4) is 0 Å². The lowest BCUT2D eigenvalue weighted by atomic mass is 10.1. The summed E-state index contributed by atoms with van der Waals surface area (Å²) in [6, 6.07) is 3.60. The summed E-state index contributed by atoms with van der Waals surface area (Å²) in [5.74, 6) is -1.80. The topological polar surface area (TPSA) is 53.0 Å². The average Bonchev–Trinajstić information content (AvgIpc) is 2.83. The summed E-state index contributed by atoms with van der Waals surface area (Å²) in [5, 5.41) is 9.34. The molecule has 0 aromatic heterocycles. The van der Waals surface area contributed by atoms with Crippen molar-refractivity contribution in [2.75, 3.05) is 32.1 Å². The van der Waals surface area contributed by atoms with Gasteiger partial charge in [0.1, 0.15) is 5.75 Å². The lowest BCUT2D eigenvalue weighted by Gasteiger charge is -2.30. The molecular weight excluding hydrogens is 313 g/mol. The summed E-state index contributed by atoms with van der Waals surface area (Å²) < 4.78 is 40.7. The van der Waals surface area contributed by atoms with Crippen LogP contribution in [0.4, 0.5) is 18.9 Å². The monoisotopic (exact) mass is 332 g/mol. The Labute approximate surface area is 132 Å². The largest absolute Gasteiger partial charge is 0.573 e. The van der Waals surface area contributed by atoms with E-state index in [0.717, 1.165) is 31.5 Å². The van der Waals surface area contributed by atoms with Gasteiger partial charge in [0.2, 0.25) is 0 Å². The molecule has 8 heteroatoms. The quantitative estimate of drug-likeness (QED) is 0.899. The van der Waals surface area contributed by atoms with Gasteiger partial charge >= 0.3 is 12.3 Å². The number of benzene rings is 1. The number of carboxylic acids is 1. The van der Waals surface area contributed by atoms with Crippen molar-refractivity contribution >= 4 is 11.7 Å². The SMILES string of the molecule is CN(C)CC1CCCN1c1ccc(OC(F)(F)F)cc1C(=O)O. The Balaban J connectivity index is 2.32. The fourth-order valence-corrected chi connectivity index (χ4v) is 2.90. The van der Waals surface area contributed by atoms with Crippen LogP contribution in [0.15, 0.2) is 18.2 Å². The second-order valence-corrected chi connectivity index (χ2v) is 5.78. The molecule has 128 valence electrons. The molecule has 0 aliphatic carbocycles. The molecule has 1 heterocycles. The predicted molar refractivity (Wildman–Crippen MR) is 79.0 cm³/mol. The maximum Gasteiger partial charge on any atom is 0.573 e. The number of carboxylic acid groups (broad SMARTS) is 1. The zero-order chi connectivity index (χ0) is 17.2. The number of likely N-dealkylation sites (N-methyl/N-ethyl adjacent to an activating group) is 1. The highest BCUT2D eigenvalue weighted by molar-refractivity contribution is 5.95. The zero-order valence-corrected chi connectivity index (χ0v) is 12.9. The number of halogens is 3. The molecule has 1 aliphatic heterocycles. The molecule has 5 nitrogen and oxygen atoms in total. The van der Waals surface area contributed by atoms with E-state index >= 15 is 0 Å². The van der Waals surface area contributed by atoms with Gasteiger partial charge in [-0.05, 0) is 45.1 Å². The van der Waals surface area contributed by atoms with E-state index < -0.39 is 18.1 Å². The molecule has 0 saturated carbocycles. The van der Waals surface area contributed by atoms with Crippen molar-refractivity contribution < 1.29 is 27.8 Å². The standard InChI is InChI=1S/C15H19F3N2O3/c1-19(2)9-10-4-3-7-20(10)13-6-5-11(23-15(16,17)18)8-12(13)14(21)22/h5-6,8,10H,3-4,7,9H2,1-2H3,(H,21,22). The minimum Gasteiger partial charge on any atom is -0.478 e. The highest BCUT2D eigenvalue weighted by Gasteiger charge is 2.33. The Bertz CT molecular complexity index is 576. The molecule has 2 rings (SSSR count). The van der Waals surface area contributed by atoms with Gasteiger partial charge in [-0.15, -0.1) is 13.2 Å². The molecule has 1 atom stereocenters. The highest BCUT2D eigenvalue weighted by Crippen LogP contribution is 2.33. The van der Waals surface area contributed by atoms with Crippen LogP contribution in [-0.4, -0.2) is 55.6 Å². The van der Waals surface area contributed by atoms with Crippen molar-refractivity contribution in [2.45, 2.75) is 25.2 Å². The Morgan fingerprint density at radius 1 is 1.43 bits per heavy atom. The summed E-state index contributed by atoms with van der Waals surface area (Å²) in [5.41, 5.74) is 0.244. The number of rotatable bonds is 5. The molecule has 0 spiro atoms. The van der Waals surface area contributed by atoms with Crippen molar-refractivity contribution in [3.63, 3.8) is 0 Å². The average molecular weight is 332 g/mol. The summed E-state index contributed by atoms with van der Waals surface area (Å²) in [4.78, 5) is 15.4. The first kappa shape index (κ1) is 17.4. The first-order valence-corrected chi connectivity index (χ1v) is 7.22. The van der Waals surface area contributed by atoms with Crippen LogP contribution in [-0.2, 0) is 0 Å². The number of nitrogens with zero attached hydrogens (tertiary/aromatic N) is 2. The normalized spacial score (nSPS) is 18.5. The fraction of sp³-hybridized carbons (Fsp3) is 0.533. The van der Waals surface area contributed by atoms with Crippen LogP contribution >= 0.6 is 0 Å². The second-order valence-electron chi connectivity index (χ2n) is 5.78. The van der Waals surface area contributed by atoms with Gasteiger partial charge < -0.3 is 19.6 Å². The zero-order valence-electron chi connectivity index (χ0n) is 12.9. The van der Waals surface area contributed by atoms with Gasteiger partial charge in [-0.3, -0.25) is 0 Å². The third-order valence-corrected chi connectivity index (χ3v) is 3.69. The maximum atomic E-state index is 12.3. The van der Waals surface area contributed by atoms with E-state index in [1.807, 2.05) is 23.9 Å². The van der Waals surface area contributed by atoms with Gasteiger partial charge in [-0.25, -0.2) is 4.79 Å². The Morgan fingerprint density at radius 3 is 2.70 bits per heavy atom. The summed E-state index contributed by atoms with van der Waals surface area (Å²) in [7, 11) is 3.85. The molecule has 1 aliphatic rings. The van der Waals surface area contributed by atoms with Gasteiger partial charge in [-0.1, -0.05) is 0 Å². The molecule has 0 bridgehead atoms. The molecule has 1 N–H and O–H groups in total. The number of hydrogen-bond donors (Lipinski definition) is 1. The van der Waals surface area contributed by atoms with Gasteiger partial charge in [0.15, 0.2) is 0 Å². The molecule has 1 unspecified atom stereocenters. The van der Waals surface area contributed by atoms with E-state index in [1.165, 1.54) is 6.07 Å². The van der Waals surface area contributed by atoms with Crippen molar-refractivity contribution in [3.05, 3.63) is 23.8 Å². The van der Waals surface area contributed by atoms with Gasteiger partial charge in [0.05, 0.1) is 11.3 Å². The van der Waals surface area contributed by atoms with Crippen LogP contribution in [0, 0.1) is 0 Å². The maximum absolute atomic E-state index is 12.3. The number of alkyl halides is 3. The Morgan fingerprint density at radius 2 is 2.13 bits per heavy atom. The van der Waals surface area contributed by atoms with Gasteiger partial charge in [0, 0.05) is 19.1 Å². The first-order chi connectivity index (χ1) is 10.7. The van der Waals surface area contributed by atoms with Crippen LogP contribution in [0.1, 0.15) is 23.2 Å².